The molecule has 1 N–H and O–H groups in total. The van der Waals surface area contributed by atoms with Gasteiger partial charge in [-0.15, -0.1) is 0 Å². The van der Waals surface area contributed by atoms with E-state index in [1.807, 2.05) is 56.3 Å². The van der Waals surface area contributed by atoms with Gasteiger partial charge in [0, 0.05) is 19.5 Å². The molecule has 0 heterocycles. The maximum atomic E-state index is 14.6. The number of hydrogen-bond acceptors (Lipinski definition) is 6. The molecule has 4 rings (SSSR count). The molecule has 4 aromatic carbocycles. The van der Waals surface area contributed by atoms with Crippen LogP contribution in [0.25, 0.3) is 0 Å². The van der Waals surface area contributed by atoms with Gasteiger partial charge in [-0.3, -0.25) is 13.9 Å². The molecule has 0 aromatic heterocycles. The molecule has 0 bridgehead atoms. The first kappa shape index (κ1) is 35.0. The van der Waals surface area contributed by atoms with E-state index in [1.54, 1.807) is 61.7 Å². The Morgan fingerprint density at radius 1 is 0.809 bits per heavy atom. The van der Waals surface area contributed by atoms with Crippen molar-refractivity contribution in [3.8, 4) is 11.5 Å². The summed E-state index contributed by atoms with van der Waals surface area (Å²) < 4.78 is 40.4. The summed E-state index contributed by atoms with van der Waals surface area (Å²) >= 11 is 0. The largest absolute Gasteiger partial charge is 0.497 e. The van der Waals surface area contributed by atoms with Gasteiger partial charge in [-0.05, 0) is 73.0 Å². The maximum absolute atomic E-state index is 14.6. The number of methoxy groups -OCH3 is 1. The Balaban J connectivity index is 1.79. The lowest BCUT2D eigenvalue weighted by Crippen LogP contribution is -2.53. The quantitative estimate of drug-likeness (QED) is 0.143. The number of anilines is 1. The summed E-state index contributed by atoms with van der Waals surface area (Å²) in [5.74, 6) is 0.334. The Kier molecular flexibility index (Phi) is 12.8. The number of ether oxygens (including phenoxy) is 2. The lowest BCUT2D eigenvalue weighted by molar-refractivity contribution is -0.140. The zero-order valence-corrected chi connectivity index (χ0v) is 28.0. The van der Waals surface area contributed by atoms with E-state index in [1.165, 1.54) is 17.0 Å². The number of carbonyl (C=O) groups is 2. The number of amides is 2. The summed E-state index contributed by atoms with van der Waals surface area (Å²) in [7, 11) is -2.63. The van der Waals surface area contributed by atoms with Gasteiger partial charge in [0.05, 0.1) is 24.3 Å². The standard InChI is InChI=1S/C37H43N3O6S/c1-4-6-24-38-37(42)35(26-29-14-9-7-10-15-29)39(27-30-16-13-17-33(25-30)45-3)36(41)28-40(31-20-22-32(23-21-31)46-5-2)47(43,44)34-18-11-8-12-19-34/h7-23,25,35H,4-6,24,26-28H2,1-3H3,(H,38,42). The highest BCUT2D eigenvalue weighted by molar-refractivity contribution is 7.92. The van der Waals surface area contributed by atoms with Crippen LogP contribution >= 0.6 is 0 Å². The van der Waals surface area contributed by atoms with Crippen LogP contribution in [0.15, 0.2) is 114 Å². The Bertz CT molecular complexity index is 1680. The van der Waals surface area contributed by atoms with Gasteiger partial charge in [0.2, 0.25) is 11.8 Å². The second-order valence-electron chi connectivity index (χ2n) is 11.0. The molecule has 10 heteroatoms. The molecule has 2 amide bonds. The van der Waals surface area contributed by atoms with E-state index >= 15 is 0 Å². The summed E-state index contributed by atoms with van der Waals surface area (Å²) in [6.07, 6.45) is 1.92. The van der Waals surface area contributed by atoms with Gasteiger partial charge in [0.15, 0.2) is 0 Å². The lowest BCUT2D eigenvalue weighted by atomic mass is 10.0. The molecule has 0 spiro atoms. The molecule has 0 aliphatic rings. The van der Waals surface area contributed by atoms with Crippen LogP contribution in [0.2, 0.25) is 0 Å². The van der Waals surface area contributed by atoms with Crippen LogP contribution in [0.5, 0.6) is 11.5 Å². The maximum Gasteiger partial charge on any atom is 0.264 e. The zero-order valence-electron chi connectivity index (χ0n) is 27.2. The van der Waals surface area contributed by atoms with E-state index in [9.17, 15) is 18.0 Å². The van der Waals surface area contributed by atoms with E-state index in [4.69, 9.17) is 9.47 Å². The van der Waals surface area contributed by atoms with Crippen molar-refractivity contribution in [1.29, 1.82) is 0 Å². The molecular weight excluding hydrogens is 614 g/mol. The average molecular weight is 658 g/mol. The van der Waals surface area contributed by atoms with Crippen LogP contribution in [0.4, 0.5) is 5.69 Å². The minimum atomic E-state index is -4.19. The number of unbranched alkanes of at least 4 members (excludes halogenated alkanes) is 1. The van der Waals surface area contributed by atoms with Crippen molar-refractivity contribution in [3.05, 3.63) is 120 Å². The normalized spacial score (nSPS) is 11.7. The Labute approximate surface area is 278 Å². The summed E-state index contributed by atoms with van der Waals surface area (Å²) in [6.45, 7) is 4.32. The Hall–Kier alpha value is -4.83. The number of nitrogens with one attached hydrogen (secondary N) is 1. The topological polar surface area (TPSA) is 105 Å². The van der Waals surface area contributed by atoms with E-state index in [0.717, 1.165) is 28.3 Å². The molecule has 248 valence electrons. The third-order valence-electron chi connectivity index (χ3n) is 7.63. The summed E-state index contributed by atoms with van der Waals surface area (Å²) in [6, 6.07) is 30.4. The highest BCUT2D eigenvalue weighted by atomic mass is 32.2. The second-order valence-corrected chi connectivity index (χ2v) is 12.8. The summed E-state index contributed by atoms with van der Waals surface area (Å²) in [5.41, 5.74) is 1.89. The van der Waals surface area contributed by atoms with Crippen LogP contribution < -0.4 is 19.1 Å². The molecular formula is C37H43N3O6S. The third kappa shape index (κ3) is 9.59. The first-order valence-corrected chi connectivity index (χ1v) is 17.3. The fourth-order valence-electron chi connectivity index (χ4n) is 5.15. The third-order valence-corrected chi connectivity index (χ3v) is 9.42. The van der Waals surface area contributed by atoms with Crippen molar-refractivity contribution < 1.29 is 27.5 Å². The molecule has 0 radical (unpaired) electrons. The van der Waals surface area contributed by atoms with Crippen LogP contribution in [0.3, 0.4) is 0 Å². The van der Waals surface area contributed by atoms with Crippen molar-refractivity contribution in [2.75, 3.05) is 31.1 Å². The van der Waals surface area contributed by atoms with Gasteiger partial charge in [-0.1, -0.05) is 74.0 Å². The lowest BCUT2D eigenvalue weighted by Gasteiger charge is -2.34. The van der Waals surface area contributed by atoms with Crippen LogP contribution in [0, 0.1) is 0 Å². The van der Waals surface area contributed by atoms with E-state index in [-0.39, 0.29) is 23.8 Å². The molecule has 0 saturated carbocycles. The van der Waals surface area contributed by atoms with Crippen LogP contribution in [-0.4, -0.2) is 58.0 Å². The zero-order chi connectivity index (χ0) is 33.6. The average Bonchev–Trinajstić information content (AvgIpc) is 3.10. The summed E-state index contributed by atoms with van der Waals surface area (Å²) in [4.78, 5) is 30.0. The smallest absolute Gasteiger partial charge is 0.264 e. The van der Waals surface area contributed by atoms with Crippen molar-refractivity contribution in [2.24, 2.45) is 0 Å². The molecule has 0 aliphatic carbocycles. The van der Waals surface area contributed by atoms with E-state index < -0.39 is 28.5 Å². The molecule has 9 nitrogen and oxygen atoms in total. The van der Waals surface area contributed by atoms with Crippen molar-refractivity contribution >= 4 is 27.5 Å². The predicted octanol–water partition coefficient (Wildman–Crippen LogP) is 5.85. The first-order chi connectivity index (χ1) is 22.8. The Morgan fingerprint density at radius 2 is 1.47 bits per heavy atom. The van der Waals surface area contributed by atoms with Gasteiger partial charge in [-0.25, -0.2) is 8.42 Å². The molecule has 0 saturated heterocycles. The highest BCUT2D eigenvalue weighted by Gasteiger charge is 2.34. The second kappa shape index (κ2) is 17.2. The number of hydrogen-bond donors (Lipinski definition) is 1. The monoisotopic (exact) mass is 657 g/mol. The molecule has 47 heavy (non-hydrogen) atoms. The minimum absolute atomic E-state index is 0.0409. The molecule has 1 atom stereocenters. The molecule has 1 unspecified atom stereocenters. The molecule has 4 aromatic rings. The van der Waals surface area contributed by atoms with Gasteiger partial charge in [0.25, 0.3) is 10.0 Å². The van der Waals surface area contributed by atoms with Gasteiger partial charge >= 0.3 is 0 Å². The number of rotatable bonds is 17. The first-order valence-electron chi connectivity index (χ1n) is 15.8. The fourth-order valence-corrected chi connectivity index (χ4v) is 6.59. The van der Waals surface area contributed by atoms with Crippen molar-refractivity contribution in [1.82, 2.24) is 10.2 Å². The van der Waals surface area contributed by atoms with Gasteiger partial charge in [-0.2, -0.15) is 0 Å². The van der Waals surface area contributed by atoms with Crippen LogP contribution in [-0.2, 0) is 32.6 Å². The predicted molar refractivity (Wildman–Crippen MR) is 184 cm³/mol. The minimum Gasteiger partial charge on any atom is -0.497 e. The highest BCUT2D eigenvalue weighted by Crippen LogP contribution is 2.27. The number of carbonyl (C=O) groups excluding carboxylic acids is 2. The van der Waals surface area contributed by atoms with Crippen molar-refractivity contribution in [2.45, 2.75) is 50.6 Å². The molecule has 0 fully saturated rings. The van der Waals surface area contributed by atoms with E-state index in [2.05, 4.69) is 5.32 Å². The van der Waals surface area contributed by atoms with Crippen molar-refractivity contribution in [3.63, 3.8) is 0 Å². The fraction of sp³-hybridized carbons (Fsp3) is 0.297. The molecule has 0 aliphatic heterocycles. The number of benzene rings is 4. The van der Waals surface area contributed by atoms with Gasteiger partial charge < -0.3 is 19.7 Å². The SMILES string of the molecule is CCCCNC(=O)C(Cc1ccccc1)N(Cc1cccc(OC)c1)C(=O)CN(c1ccc(OCC)cc1)S(=O)(=O)c1ccccc1. The number of sulfonamides is 1. The summed E-state index contributed by atoms with van der Waals surface area (Å²) in [5, 5.41) is 3.00. The number of nitrogens with zero attached hydrogens (tertiary/aromatic N) is 2. The van der Waals surface area contributed by atoms with E-state index in [0.29, 0.717) is 30.3 Å². The van der Waals surface area contributed by atoms with Crippen LogP contribution in [0.1, 0.15) is 37.8 Å². The van der Waals surface area contributed by atoms with Gasteiger partial charge in [0.1, 0.15) is 24.1 Å². The Morgan fingerprint density at radius 3 is 2.11 bits per heavy atom.